The van der Waals surface area contributed by atoms with Crippen LogP contribution in [0.4, 0.5) is 10.5 Å². The van der Waals surface area contributed by atoms with Crippen LogP contribution in [-0.2, 0) is 0 Å². The van der Waals surface area contributed by atoms with Crippen molar-refractivity contribution in [2.24, 2.45) is 0 Å². The van der Waals surface area contributed by atoms with Gasteiger partial charge in [0.05, 0.1) is 0 Å². The van der Waals surface area contributed by atoms with Gasteiger partial charge in [0.1, 0.15) is 0 Å². The van der Waals surface area contributed by atoms with Crippen molar-refractivity contribution < 1.29 is 4.79 Å². The van der Waals surface area contributed by atoms with Crippen molar-refractivity contribution in [3.63, 3.8) is 0 Å². The minimum absolute atomic E-state index is 0.160. The maximum absolute atomic E-state index is 11.8. The fourth-order valence-electron chi connectivity index (χ4n) is 1.86. The summed E-state index contributed by atoms with van der Waals surface area (Å²) in [6.45, 7) is 11.9. The fraction of sp³-hybridized carbons (Fsp3) is 0.500. The van der Waals surface area contributed by atoms with Crippen LogP contribution in [0, 0.1) is 20.8 Å². The number of aryl methyl sites for hydroxylation is 3. The number of urea groups is 1. The van der Waals surface area contributed by atoms with Gasteiger partial charge in [0, 0.05) is 11.2 Å². The topological polar surface area (TPSA) is 41.1 Å². The summed E-state index contributed by atoms with van der Waals surface area (Å²) in [7, 11) is 0. The van der Waals surface area contributed by atoms with Gasteiger partial charge in [0.25, 0.3) is 0 Å². The molecule has 17 heavy (non-hydrogen) atoms. The predicted molar refractivity (Wildman–Crippen MR) is 72.6 cm³/mol. The average molecular weight is 234 g/mol. The highest BCUT2D eigenvalue weighted by atomic mass is 16.2. The van der Waals surface area contributed by atoms with Crippen LogP contribution in [-0.4, -0.2) is 11.6 Å². The molecule has 0 aromatic heterocycles. The highest BCUT2D eigenvalue weighted by Gasteiger charge is 2.15. The Labute approximate surface area is 104 Å². The number of rotatable bonds is 1. The van der Waals surface area contributed by atoms with E-state index in [1.54, 1.807) is 0 Å². The third kappa shape index (κ3) is 4.10. The summed E-state index contributed by atoms with van der Waals surface area (Å²) in [6, 6.07) is 3.98. The Hall–Kier alpha value is -1.51. The lowest BCUT2D eigenvalue weighted by atomic mass is 10.1. The highest BCUT2D eigenvalue weighted by molar-refractivity contribution is 5.91. The van der Waals surface area contributed by atoms with E-state index in [1.807, 2.05) is 34.6 Å². The second kappa shape index (κ2) is 4.78. The molecule has 2 amide bonds. The Morgan fingerprint density at radius 3 is 1.94 bits per heavy atom. The van der Waals surface area contributed by atoms with Crippen LogP contribution in [0.1, 0.15) is 37.5 Å². The van der Waals surface area contributed by atoms with Gasteiger partial charge in [0.2, 0.25) is 0 Å². The van der Waals surface area contributed by atoms with E-state index in [9.17, 15) is 4.79 Å². The smallest absolute Gasteiger partial charge is 0.319 e. The highest BCUT2D eigenvalue weighted by Crippen LogP contribution is 2.21. The van der Waals surface area contributed by atoms with Gasteiger partial charge in [-0.05, 0) is 52.7 Å². The second-order valence-corrected chi connectivity index (χ2v) is 5.60. The molecule has 1 aromatic rings. The molecule has 1 aromatic carbocycles. The van der Waals surface area contributed by atoms with E-state index in [1.165, 1.54) is 5.56 Å². The third-order valence-corrected chi connectivity index (χ3v) is 2.40. The molecule has 0 atom stereocenters. The van der Waals surface area contributed by atoms with Crippen LogP contribution in [0.3, 0.4) is 0 Å². The number of nitrogens with one attached hydrogen (secondary N) is 2. The van der Waals surface area contributed by atoms with E-state index >= 15 is 0 Å². The molecule has 0 saturated heterocycles. The molecule has 0 radical (unpaired) electrons. The first kappa shape index (κ1) is 13.6. The zero-order chi connectivity index (χ0) is 13.2. The van der Waals surface area contributed by atoms with Gasteiger partial charge in [-0.25, -0.2) is 4.79 Å². The Kier molecular flexibility index (Phi) is 3.81. The molecular weight excluding hydrogens is 212 g/mol. The van der Waals surface area contributed by atoms with Gasteiger partial charge in [-0.15, -0.1) is 0 Å². The van der Waals surface area contributed by atoms with Crippen LogP contribution in [0.15, 0.2) is 12.1 Å². The van der Waals surface area contributed by atoms with Gasteiger partial charge < -0.3 is 10.6 Å². The third-order valence-electron chi connectivity index (χ3n) is 2.40. The summed E-state index contributed by atoms with van der Waals surface area (Å²) in [4.78, 5) is 11.8. The maximum Gasteiger partial charge on any atom is 0.319 e. The maximum atomic E-state index is 11.8. The molecule has 3 nitrogen and oxygen atoms in total. The Bertz CT molecular complexity index is 407. The monoisotopic (exact) mass is 234 g/mol. The van der Waals surface area contributed by atoms with E-state index in [-0.39, 0.29) is 11.6 Å². The molecule has 0 aliphatic carbocycles. The van der Waals surface area contributed by atoms with Gasteiger partial charge in [-0.1, -0.05) is 17.7 Å². The van der Waals surface area contributed by atoms with Crippen molar-refractivity contribution in [1.29, 1.82) is 0 Å². The molecule has 3 heteroatoms. The predicted octanol–water partition coefficient (Wildman–Crippen LogP) is 3.53. The molecule has 0 unspecified atom stereocenters. The van der Waals surface area contributed by atoms with Crippen LogP contribution in [0.5, 0.6) is 0 Å². The van der Waals surface area contributed by atoms with Gasteiger partial charge in [0.15, 0.2) is 0 Å². The van der Waals surface area contributed by atoms with Crippen LogP contribution >= 0.6 is 0 Å². The van der Waals surface area contributed by atoms with E-state index in [4.69, 9.17) is 0 Å². The number of carbonyl (C=O) groups excluding carboxylic acids is 1. The standard InChI is InChI=1S/C14H22N2O/c1-9-7-10(2)12(11(3)8-9)15-13(17)16-14(4,5)6/h7-8H,1-6H3,(H2,15,16,17). The molecule has 94 valence electrons. The Morgan fingerprint density at radius 2 is 1.53 bits per heavy atom. The second-order valence-electron chi connectivity index (χ2n) is 5.60. The molecule has 0 aliphatic rings. The summed E-state index contributed by atoms with van der Waals surface area (Å²) in [6.07, 6.45) is 0. The summed E-state index contributed by atoms with van der Waals surface area (Å²) >= 11 is 0. The number of benzene rings is 1. The van der Waals surface area contributed by atoms with Crippen LogP contribution < -0.4 is 10.6 Å². The quantitative estimate of drug-likeness (QED) is 0.766. The molecule has 2 N–H and O–H groups in total. The van der Waals surface area contributed by atoms with Crippen molar-refractivity contribution in [3.05, 3.63) is 28.8 Å². The molecule has 0 aliphatic heterocycles. The first-order valence-corrected chi connectivity index (χ1v) is 5.86. The molecule has 0 heterocycles. The first-order valence-electron chi connectivity index (χ1n) is 5.86. The molecule has 0 bridgehead atoms. The normalized spacial score (nSPS) is 11.2. The lowest BCUT2D eigenvalue weighted by molar-refractivity contribution is 0.244. The molecule has 0 saturated carbocycles. The summed E-state index contributed by atoms with van der Waals surface area (Å²) in [5.74, 6) is 0. The van der Waals surface area contributed by atoms with E-state index < -0.39 is 0 Å². The van der Waals surface area contributed by atoms with Gasteiger partial charge in [-0.2, -0.15) is 0 Å². The van der Waals surface area contributed by atoms with Gasteiger partial charge in [-0.3, -0.25) is 0 Å². The van der Waals surface area contributed by atoms with Crippen LogP contribution in [0.25, 0.3) is 0 Å². The Balaban J connectivity index is 2.86. The fourth-order valence-corrected chi connectivity index (χ4v) is 1.86. The number of hydrogen-bond acceptors (Lipinski definition) is 1. The van der Waals surface area contributed by atoms with Crippen molar-refractivity contribution in [3.8, 4) is 0 Å². The minimum Gasteiger partial charge on any atom is -0.333 e. The lowest BCUT2D eigenvalue weighted by Crippen LogP contribution is -2.43. The van der Waals surface area contributed by atoms with Crippen molar-refractivity contribution >= 4 is 11.7 Å². The zero-order valence-electron chi connectivity index (χ0n) is 11.6. The minimum atomic E-state index is -0.226. The summed E-state index contributed by atoms with van der Waals surface area (Å²) < 4.78 is 0. The molecule has 0 fully saturated rings. The number of carbonyl (C=O) groups is 1. The van der Waals surface area contributed by atoms with E-state index in [2.05, 4.69) is 29.7 Å². The first-order chi connectivity index (χ1) is 7.69. The number of anilines is 1. The van der Waals surface area contributed by atoms with Gasteiger partial charge >= 0.3 is 6.03 Å². The molecule has 0 spiro atoms. The van der Waals surface area contributed by atoms with E-state index in [0.717, 1.165) is 16.8 Å². The molecular formula is C14H22N2O. The van der Waals surface area contributed by atoms with Crippen molar-refractivity contribution in [2.75, 3.05) is 5.32 Å². The van der Waals surface area contributed by atoms with E-state index in [0.29, 0.717) is 0 Å². The summed E-state index contributed by atoms with van der Waals surface area (Å²) in [5.41, 5.74) is 4.06. The Morgan fingerprint density at radius 1 is 1.06 bits per heavy atom. The average Bonchev–Trinajstić information content (AvgIpc) is 2.08. The van der Waals surface area contributed by atoms with Crippen LogP contribution in [0.2, 0.25) is 0 Å². The van der Waals surface area contributed by atoms with Crippen molar-refractivity contribution in [2.45, 2.75) is 47.1 Å². The molecule has 1 rings (SSSR count). The zero-order valence-corrected chi connectivity index (χ0v) is 11.6. The van der Waals surface area contributed by atoms with Crippen molar-refractivity contribution in [1.82, 2.24) is 5.32 Å². The number of amides is 2. The SMILES string of the molecule is Cc1cc(C)c(NC(=O)NC(C)(C)C)c(C)c1. The summed E-state index contributed by atoms with van der Waals surface area (Å²) in [5, 5.41) is 5.80. The number of hydrogen-bond donors (Lipinski definition) is 2. The largest absolute Gasteiger partial charge is 0.333 e. The lowest BCUT2D eigenvalue weighted by Gasteiger charge is -2.22.